The summed E-state index contributed by atoms with van der Waals surface area (Å²) in [6, 6.07) is 10.1. The number of allylic oxidation sites excluding steroid dienone is 5. The molecule has 0 amide bonds. The molecule has 10 heteroatoms. The number of para-hydroxylation sites is 2. The van der Waals surface area contributed by atoms with Crippen molar-refractivity contribution in [2.45, 2.75) is 79.1 Å². The fraction of sp³-hybridized carbons (Fsp3) is 0.444. The van der Waals surface area contributed by atoms with Gasteiger partial charge in [-0.05, 0) is 43.7 Å². The van der Waals surface area contributed by atoms with E-state index < -0.39 is 10.8 Å². The number of benzene rings is 2. The Bertz CT molecular complexity index is 1790. The van der Waals surface area contributed by atoms with Crippen molar-refractivity contribution in [2.75, 3.05) is 18.0 Å². The first-order chi connectivity index (χ1) is 21.5. The highest BCUT2D eigenvalue weighted by molar-refractivity contribution is 6.24. The first-order valence-electron chi connectivity index (χ1n) is 15.9. The Morgan fingerprint density at radius 1 is 0.870 bits per heavy atom. The number of nitro groups is 2. The van der Waals surface area contributed by atoms with Crippen molar-refractivity contribution in [3.63, 3.8) is 0 Å². The fourth-order valence-corrected chi connectivity index (χ4v) is 6.86. The zero-order valence-corrected chi connectivity index (χ0v) is 27.9. The lowest BCUT2D eigenvalue weighted by Gasteiger charge is -2.29. The average molecular weight is 628 g/mol. The number of ketones is 1. The van der Waals surface area contributed by atoms with Crippen LogP contribution in [0.4, 0.5) is 22.7 Å². The van der Waals surface area contributed by atoms with E-state index in [1.807, 2.05) is 49.3 Å². The minimum absolute atomic E-state index is 0.00599. The Kier molecular flexibility index (Phi) is 8.30. The quantitative estimate of drug-likeness (QED) is 0.122. The number of nitro benzene ring substituents is 2. The maximum atomic E-state index is 13.8. The van der Waals surface area contributed by atoms with Gasteiger partial charge in [-0.15, -0.1) is 0 Å². The van der Waals surface area contributed by atoms with E-state index in [1.54, 1.807) is 24.3 Å². The molecular weight excluding hydrogens is 584 g/mol. The number of hydrogen-bond acceptors (Lipinski definition) is 7. The van der Waals surface area contributed by atoms with Crippen molar-refractivity contribution in [3.8, 4) is 0 Å². The van der Waals surface area contributed by atoms with E-state index in [9.17, 15) is 30.1 Å². The maximum absolute atomic E-state index is 13.8. The first kappa shape index (κ1) is 32.8. The molecule has 2 heterocycles. The van der Waals surface area contributed by atoms with Crippen LogP contribution in [-0.2, 0) is 15.6 Å². The van der Waals surface area contributed by atoms with Crippen LogP contribution in [0.2, 0.25) is 0 Å². The van der Waals surface area contributed by atoms with Crippen LogP contribution in [0, 0.1) is 32.1 Å². The number of rotatable bonds is 10. The third-order valence-electron chi connectivity index (χ3n) is 9.59. The van der Waals surface area contributed by atoms with E-state index in [0.717, 1.165) is 24.0 Å². The summed E-state index contributed by atoms with van der Waals surface area (Å²) < 4.78 is 1.93. The lowest BCUT2D eigenvalue weighted by molar-refractivity contribution is -0.456. The van der Waals surface area contributed by atoms with E-state index in [2.05, 4.69) is 27.7 Å². The largest absolute Gasteiger partial charge is 0.506 e. The van der Waals surface area contributed by atoms with Crippen LogP contribution in [0.5, 0.6) is 0 Å². The highest BCUT2D eigenvalue weighted by Gasteiger charge is 2.50. The number of anilines is 1. The molecule has 0 aromatic heterocycles. The second-order valence-corrected chi connectivity index (χ2v) is 14.3. The van der Waals surface area contributed by atoms with E-state index >= 15 is 0 Å². The summed E-state index contributed by atoms with van der Waals surface area (Å²) in [7, 11) is 0. The van der Waals surface area contributed by atoms with Gasteiger partial charge in [-0.2, -0.15) is 4.58 Å². The van der Waals surface area contributed by atoms with Crippen molar-refractivity contribution < 1.29 is 24.3 Å². The molecule has 1 aliphatic carbocycles. The summed E-state index contributed by atoms with van der Waals surface area (Å²) in [5.74, 6) is 0.191. The number of aliphatic hydroxyl groups is 1. The Labute approximate surface area is 269 Å². The Balaban J connectivity index is 1.64. The van der Waals surface area contributed by atoms with Crippen LogP contribution >= 0.6 is 0 Å². The van der Waals surface area contributed by atoms with Crippen LogP contribution in [-0.4, -0.2) is 44.1 Å². The lowest BCUT2D eigenvalue weighted by Crippen LogP contribution is -2.32. The van der Waals surface area contributed by atoms with Gasteiger partial charge in [-0.3, -0.25) is 25.0 Å². The zero-order chi connectivity index (χ0) is 33.9. The molecule has 2 aromatic carbocycles. The molecule has 0 spiro atoms. The summed E-state index contributed by atoms with van der Waals surface area (Å²) in [4.78, 5) is 39.1. The van der Waals surface area contributed by atoms with Crippen molar-refractivity contribution in [1.29, 1.82) is 0 Å². The lowest BCUT2D eigenvalue weighted by atomic mass is 9.77. The zero-order valence-electron chi connectivity index (χ0n) is 27.9. The van der Waals surface area contributed by atoms with Crippen LogP contribution in [0.25, 0.3) is 0 Å². The number of carbonyl (C=O) groups excluding carboxylic acids is 1. The Morgan fingerprint density at radius 3 is 2.02 bits per heavy atom. The normalized spacial score (nSPS) is 19.9. The molecule has 0 radical (unpaired) electrons. The topological polar surface area (TPSA) is 130 Å². The molecule has 46 heavy (non-hydrogen) atoms. The second-order valence-electron chi connectivity index (χ2n) is 14.3. The standard InChI is InChI=1S/C36H42N4O6/c1-21(2)15-17-37-29(35(5,6)25-11-9-13-27(31(25)37)39(43)44)19-23-33(41)24(34(23)42)20-30-36(7,8)26-12-10-14-28(40(45)46)32(26)38(30)18-16-22(3)4/h9-14,19-22H,15-18H2,1-8H3/p+1. The molecule has 3 aliphatic rings. The van der Waals surface area contributed by atoms with E-state index in [4.69, 9.17) is 0 Å². The number of hydrogen-bond donors (Lipinski definition) is 1. The molecule has 2 aliphatic heterocycles. The van der Waals surface area contributed by atoms with Gasteiger partial charge in [0.15, 0.2) is 5.71 Å². The molecule has 0 bridgehead atoms. The summed E-state index contributed by atoms with van der Waals surface area (Å²) >= 11 is 0. The highest BCUT2D eigenvalue weighted by Crippen LogP contribution is 2.53. The van der Waals surface area contributed by atoms with Crippen molar-refractivity contribution in [2.24, 2.45) is 11.8 Å². The molecule has 242 valence electrons. The van der Waals surface area contributed by atoms with Crippen LogP contribution in [0.3, 0.4) is 0 Å². The van der Waals surface area contributed by atoms with E-state index in [0.29, 0.717) is 47.7 Å². The minimum Gasteiger partial charge on any atom is -0.506 e. The van der Waals surface area contributed by atoms with E-state index in [1.165, 1.54) is 12.1 Å². The van der Waals surface area contributed by atoms with Crippen molar-refractivity contribution in [3.05, 3.63) is 103 Å². The summed E-state index contributed by atoms with van der Waals surface area (Å²) in [6.07, 6.45) is 4.91. The molecule has 0 saturated carbocycles. The third-order valence-corrected chi connectivity index (χ3v) is 9.59. The van der Waals surface area contributed by atoms with Gasteiger partial charge in [-0.25, -0.2) is 0 Å². The number of Topliss-reactive ketones (excluding diaryl/α,β-unsaturated/α-hetero) is 1. The van der Waals surface area contributed by atoms with Crippen LogP contribution in [0.1, 0.15) is 79.4 Å². The minimum atomic E-state index is -0.665. The predicted molar refractivity (Wildman–Crippen MR) is 179 cm³/mol. The monoisotopic (exact) mass is 627 g/mol. The van der Waals surface area contributed by atoms with E-state index in [-0.39, 0.29) is 43.9 Å². The van der Waals surface area contributed by atoms with Gasteiger partial charge in [0, 0.05) is 47.8 Å². The SMILES string of the molecule is CC(C)CCN1/C(=C\C2=C(O)C(=C\C3=[N+](CCC(C)C)c4c([N+](=O)[O-])cccc4C3(C)C)/C2=O)C(C)(C)c2cccc([N+](=O)[O-])c21. The van der Waals surface area contributed by atoms with Gasteiger partial charge in [0.1, 0.15) is 18.0 Å². The summed E-state index contributed by atoms with van der Waals surface area (Å²) in [5.41, 5.74) is 3.03. The van der Waals surface area contributed by atoms with Gasteiger partial charge < -0.3 is 10.0 Å². The van der Waals surface area contributed by atoms with Gasteiger partial charge in [0.05, 0.1) is 26.4 Å². The smallest absolute Gasteiger partial charge is 0.340 e. The number of nitrogens with zero attached hydrogens (tertiary/aromatic N) is 4. The molecule has 0 atom stereocenters. The van der Waals surface area contributed by atoms with Crippen LogP contribution < -0.4 is 4.90 Å². The second kappa shape index (κ2) is 11.6. The third kappa shape index (κ3) is 5.23. The fourth-order valence-electron chi connectivity index (χ4n) is 6.86. The molecular formula is C36H43N4O6+. The Hall–Kier alpha value is -4.60. The number of carbonyl (C=O) groups is 1. The molecule has 1 N–H and O–H groups in total. The molecule has 10 nitrogen and oxygen atoms in total. The average Bonchev–Trinajstić information content (AvgIpc) is 3.33. The molecule has 5 rings (SSSR count). The number of fused-ring (bicyclic) bond motifs is 2. The van der Waals surface area contributed by atoms with Gasteiger partial charge >= 0.3 is 5.69 Å². The summed E-state index contributed by atoms with van der Waals surface area (Å²) in [6.45, 7) is 17.3. The van der Waals surface area contributed by atoms with Crippen LogP contribution in [0.15, 0.2) is 71.2 Å². The highest BCUT2D eigenvalue weighted by atomic mass is 16.6. The maximum Gasteiger partial charge on any atom is 0.340 e. The summed E-state index contributed by atoms with van der Waals surface area (Å²) in [5, 5.41) is 35.5. The van der Waals surface area contributed by atoms with Gasteiger partial charge in [0.25, 0.3) is 11.4 Å². The number of aliphatic hydroxyl groups excluding tert-OH is 1. The first-order valence-corrected chi connectivity index (χ1v) is 15.9. The van der Waals surface area contributed by atoms with Crippen molar-refractivity contribution in [1.82, 2.24) is 0 Å². The molecule has 0 fully saturated rings. The predicted octanol–water partition coefficient (Wildman–Crippen LogP) is 7.97. The van der Waals surface area contributed by atoms with Gasteiger partial charge in [-0.1, -0.05) is 65.8 Å². The molecule has 0 saturated heterocycles. The molecule has 2 aromatic rings. The molecule has 0 unspecified atom stereocenters. The van der Waals surface area contributed by atoms with Gasteiger partial charge in [0.2, 0.25) is 5.78 Å². The van der Waals surface area contributed by atoms with Crippen molar-refractivity contribution >= 4 is 34.2 Å². The Morgan fingerprint density at radius 2 is 1.46 bits per heavy atom.